The van der Waals surface area contributed by atoms with Crippen LogP contribution < -0.4 is 24.8 Å². The Bertz CT molecular complexity index is 1110. The predicted molar refractivity (Wildman–Crippen MR) is 113 cm³/mol. The van der Waals surface area contributed by atoms with Gasteiger partial charge in [0, 0.05) is 24.1 Å². The number of ether oxygens (including phenoxy) is 3. The number of anilines is 2. The zero-order valence-corrected chi connectivity index (χ0v) is 17.1. The van der Waals surface area contributed by atoms with Crippen LogP contribution in [-0.4, -0.2) is 37.6 Å². The van der Waals surface area contributed by atoms with Gasteiger partial charge < -0.3 is 24.8 Å². The molecular formula is C22H19F2N3O5. The Balaban J connectivity index is 1.81. The topological polar surface area (TPSA) is 98.8 Å². The molecule has 32 heavy (non-hydrogen) atoms. The number of para-hydroxylation sites is 1. The molecule has 0 spiro atoms. The first-order valence-electron chi connectivity index (χ1n) is 9.25. The third-order valence-corrected chi connectivity index (χ3v) is 4.28. The second kappa shape index (κ2) is 10.2. The molecule has 0 saturated heterocycles. The maximum atomic E-state index is 12.8. The predicted octanol–water partition coefficient (Wildman–Crippen LogP) is 4.20. The molecule has 3 aromatic rings. The summed E-state index contributed by atoms with van der Waals surface area (Å²) in [5.41, 5.74) is 0.883. The van der Waals surface area contributed by atoms with Crippen molar-refractivity contribution in [1.82, 2.24) is 4.98 Å². The van der Waals surface area contributed by atoms with Crippen molar-refractivity contribution < 1.29 is 32.6 Å². The minimum Gasteiger partial charge on any atom is -0.494 e. The number of halogens is 2. The number of carbonyl (C=O) groups excluding carboxylic acids is 2. The Morgan fingerprint density at radius 1 is 0.938 bits per heavy atom. The van der Waals surface area contributed by atoms with Crippen LogP contribution in [0.25, 0.3) is 0 Å². The molecule has 2 aromatic carbocycles. The molecule has 1 heterocycles. The second-order valence-electron chi connectivity index (χ2n) is 6.28. The minimum absolute atomic E-state index is 0.0102. The van der Waals surface area contributed by atoms with Gasteiger partial charge in [0.2, 0.25) is 0 Å². The van der Waals surface area contributed by atoms with Gasteiger partial charge in [-0.05, 0) is 36.4 Å². The Labute approximate surface area is 182 Å². The standard InChI is InChI=1S/C22H19F2N3O5/c1-30-17-7-3-6-15(19(17)32-22(23)24)21(29)26-14-8-9-16(18(11-14)31-2)27-20(28)13-5-4-10-25-12-13/h3-12,22H,1-2H3,(H,26,29)(H,27,28). The van der Waals surface area contributed by atoms with Crippen molar-refractivity contribution in [3.8, 4) is 17.2 Å². The molecule has 0 fully saturated rings. The van der Waals surface area contributed by atoms with Gasteiger partial charge in [0.25, 0.3) is 11.8 Å². The molecule has 1 aromatic heterocycles. The first kappa shape index (κ1) is 22.5. The lowest BCUT2D eigenvalue weighted by atomic mass is 10.1. The lowest BCUT2D eigenvalue weighted by Gasteiger charge is -2.15. The summed E-state index contributed by atoms with van der Waals surface area (Å²) < 4.78 is 40.4. The van der Waals surface area contributed by atoms with Crippen LogP contribution in [0.4, 0.5) is 20.2 Å². The number of rotatable bonds is 8. The lowest BCUT2D eigenvalue weighted by Crippen LogP contribution is -2.16. The monoisotopic (exact) mass is 443 g/mol. The van der Waals surface area contributed by atoms with E-state index in [1.165, 1.54) is 56.8 Å². The fraction of sp³-hybridized carbons (Fsp3) is 0.136. The van der Waals surface area contributed by atoms with Gasteiger partial charge in [-0.3, -0.25) is 14.6 Å². The van der Waals surface area contributed by atoms with E-state index in [1.54, 1.807) is 18.3 Å². The van der Waals surface area contributed by atoms with Gasteiger partial charge in [-0.15, -0.1) is 0 Å². The quantitative estimate of drug-likeness (QED) is 0.541. The zero-order chi connectivity index (χ0) is 23.1. The van der Waals surface area contributed by atoms with Gasteiger partial charge >= 0.3 is 6.61 Å². The van der Waals surface area contributed by atoms with Crippen LogP contribution in [0.5, 0.6) is 17.2 Å². The van der Waals surface area contributed by atoms with Crippen molar-refractivity contribution in [3.05, 3.63) is 72.1 Å². The number of carbonyl (C=O) groups is 2. The average molecular weight is 443 g/mol. The zero-order valence-electron chi connectivity index (χ0n) is 17.1. The first-order chi connectivity index (χ1) is 15.4. The van der Waals surface area contributed by atoms with Crippen molar-refractivity contribution in [3.63, 3.8) is 0 Å². The van der Waals surface area contributed by atoms with Gasteiger partial charge in [-0.2, -0.15) is 8.78 Å². The van der Waals surface area contributed by atoms with E-state index in [0.717, 1.165) is 0 Å². The molecular weight excluding hydrogens is 424 g/mol. The summed E-state index contributed by atoms with van der Waals surface area (Å²) in [6.45, 7) is -3.14. The molecule has 0 aliphatic heterocycles. The van der Waals surface area contributed by atoms with E-state index in [4.69, 9.17) is 9.47 Å². The molecule has 0 aliphatic rings. The number of amides is 2. The molecule has 0 aliphatic carbocycles. The van der Waals surface area contributed by atoms with Crippen molar-refractivity contribution in [1.29, 1.82) is 0 Å². The fourth-order valence-corrected chi connectivity index (χ4v) is 2.83. The van der Waals surface area contributed by atoms with Gasteiger partial charge in [-0.1, -0.05) is 6.07 Å². The van der Waals surface area contributed by atoms with E-state index in [-0.39, 0.29) is 22.8 Å². The number of hydrogen-bond acceptors (Lipinski definition) is 6. The largest absolute Gasteiger partial charge is 0.494 e. The highest BCUT2D eigenvalue weighted by atomic mass is 19.3. The van der Waals surface area contributed by atoms with E-state index in [0.29, 0.717) is 16.9 Å². The number of alkyl halides is 2. The summed E-state index contributed by atoms with van der Waals surface area (Å²) in [7, 11) is 2.68. The SMILES string of the molecule is COc1cc(NC(=O)c2cccc(OC)c2OC(F)F)ccc1NC(=O)c1cccnc1. The maximum absolute atomic E-state index is 12.8. The normalized spacial score (nSPS) is 10.4. The molecule has 2 amide bonds. The molecule has 0 unspecified atom stereocenters. The van der Waals surface area contributed by atoms with Gasteiger partial charge in [0.05, 0.1) is 31.0 Å². The van der Waals surface area contributed by atoms with Gasteiger partial charge in [0.15, 0.2) is 11.5 Å². The molecule has 0 saturated carbocycles. The minimum atomic E-state index is -3.14. The number of hydrogen-bond donors (Lipinski definition) is 2. The lowest BCUT2D eigenvalue weighted by molar-refractivity contribution is -0.0515. The molecule has 8 nitrogen and oxygen atoms in total. The first-order valence-corrected chi connectivity index (χ1v) is 9.25. The van der Waals surface area contributed by atoms with Crippen molar-refractivity contribution >= 4 is 23.2 Å². The number of aromatic nitrogens is 1. The third-order valence-electron chi connectivity index (χ3n) is 4.28. The summed E-state index contributed by atoms with van der Waals surface area (Å²) in [5.74, 6) is -1.21. The molecule has 2 N–H and O–H groups in total. The number of pyridine rings is 1. The Morgan fingerprint density at radius 3 is 2.38 bits per heavy atom. The number of benzene rings is 2. The van der Waals surface area contributed by atoms with Crippen LogP contribution in [0, 0.1) is 0 Å². The van der Waals surface area contributed by atoms with Crippen LogP contribution in [0.15, 0.2) is 60.9 Å². The Hall–Kier alpha value is -4.21. The van der Waals surface area contributed by atoms with E-state index in [2.05, 4.69) is 20.4 Å². The number of nitrogens with zero attached hydrogens (tertiary/aromatic N) is 1. The van der Waals surface area contributed by atoms with E-state index >= 15 is 0 Å². The molecule has 0 atom stereocenters. The van der Waals surface area contributed by atoms with Crippen molar-refractivity contribution in [2.45, 2.75) is 6.61 Å². The summed E-state index contributed by atoms with van der Waals surface area (Å²) in [6.07, 6.45) is 2.97. The summed E-state index contributed by atoms with van der Waals surface area (Å²) in [4.78, 5) is 29.0. The van der Waals surface area contributed by atoms with E-state index < -0.39 is 18.4 Å². The van der Waals surface area contributed by atoms with Crippen LogP contribution in [0.2, 0.25) is 0 Å². The Kier molecular flexibility index (Phi) is 7.17. The Morgan fingerprint density at radius 2 is 1.72 bits per heavy atom. The maximum Gasteiger partial charge on any atom is 0.387 e. The number of methoxy groups -OCH3 is 2. The van der Waals surface area contributed by atoms with Crippen molar-refractivity contribution in [2.24, 2.45) is 0 Å². The summed E-state index contributed by atoms with van der Waals surface area (Å²) in [6, 6.07) is 12.0. The highest BCUT2D eigenvalue weighted by Crippen LogP contribution is 2.34. The number of nitrogens with one attached hydrogen (secondary N) is 2. The molecule has 0 radical (unpaired) electrons. The van der Waals surface area contributed by atoms with E-state index in [9.17, 15) is 18.4 Å². The van der Waals surface area contributed by atoms with Crippen molar-refractivity contribution in [2.75, 3.05) is 24.9 Å². The van der Waals surface area contributed by atoms with E-state index in [1.807, 2.05) is 0 Å². The molecule has 166 valence electrons. The smallest absolute Gasteiger partial charge is 0.387 e. The van der Waals surface area contributed by atoms with Gasteiger partial charge in [-0.25, -0.2) is 0 Å². The second-order valence-corrected chi connectivity index (χ2v) is 6.28. The third kappa shape index (κ3) is 5.28. The highest BCUT2D eigenvalue weighted by Gasteiger charge is 2.21. The molecule has 3 rings (SSSR count). The van der Waals surface area contributed by atoms with Crippen LogP contribution >= 0.6 is 0 Å². The fourth-order valence-electron chi connectivity index (χ4n) is 2.83. The summed E-state index contributed by atoms with van der Waals surface area (Å²) in [5, 5.41) is 5.29. The molecule has 10 heteroatoms. The molecule has 0 bridgehead atoms. The summed E-state index contributed by atoms with van der Waals surface area (Å²) >= 11 is 0. The van der Waals surface area contributed by atoms with Gasteiger partial charge in [0.1, 0.15) is 5.75 Å². The van der Waals surface area contributed by atoms with Crippen LogP contribution in [0.3, 0.4) is 0 Å². The van der Waals surface area contributed by atoms with Crippen LogP contribution in [-0.2, 0) is 0 Å². The highest BCUT2D eigenvalue weighted by molar-refractivity contribution is 6.08. The van der Waals surface area contributed by atoms with Crippen LogP contribution in [0.1, 0.15) is 20.7 Å². The average Bonchev–Trinajstić information content (AvgIpc) is 2.80.